The first kappa shape index (κ1) is 12.9. The Balaban J connectivity index is 1.56. The Morgan fingerprint density at radius 2 is 1.27 bits per heavy atom. The van der Waals surface area contributed by atoms with Crippen molar-refractivity contribution in [1.82, 2.24) is 19.9 Å². The molecular weight excluding hydrogens is 276 g/mol. The number of imidazole rings is 2. The van der Waals surface area contributed by atoms with Gasteiger partial charge in [-0.1, -0.05) is 0 Å². The van der Waals surface area contributed by atoms with E-state index in [1.54, 1.807) is 0 Å². The Morgan fingerprint density at radius 1 is 0.818 bits per heavy atom. The number of rotatable bonds is 3. The van der Waals surface area contributed by atoms with Gasteiger partial charge < -0.3 is 9.97 Å². The first-order valence-corrected chi connectivity index (χ1v) is 7.35. The van der Waals surface area contributed by atoms with Crippen LogP contribution in [0.3, 0.4) is 0 Å². The molecule has 22 heavy (non-hydrogen) atoms. The van der Waals surface area contributed by atoms with Crippen molar-refractivity contribution in [3.05, 3.63) is 48.6 Å². The summed E-state index contributed by atoms with van der Waals surface area (Å²) in [5.74, 6) is 1.99. The van der Waals surface area contributed by atoms with Crippen molar-refractivity contribution in [3.63, 3.8) is 0 Å². The molecule has 0 fully saturated rings. The summed E-state index contributed by atoms with van der Waals surface area (Å²) in [4.78, 5) is 16.0. The molecule has 0 radical (unpaired) electrons. The van der Waals surface area contributed by atoms with Crippen LogP contribution in [0.15, 0.2) is 36.9 Å². The van der Waals surface area contributed by atoms with Crippen LogP contribution >= 0.6 is 0 Å². The van der Waals surface area contributed by atoms with Crippen molar-refractivity contribution < 1.29 is 9.13 Å². The van der Waals surface area contributed by atoms with Crippen LogP contribution in [0.2, 0.25) is 0 Å². The normalized spacial score (nSPS) is 11.5. The van der Waals surface area contributed by atoms with Crippen LogP contribution < -0.4 is 9.13 Å². The van der Waals surface area contributed by atoms with E-state index in [4.69, 9.17) is 0 Å². The number of H-pyrrole nitrogens is 2. The first-order valence-electron chi connectivity index (χ1n) is 7.35. The lowest BCUT2D eigenvalue weighted by Gasteiger charge is -1.93. The summed E-state index contributed by atoms with van der Waals surface area (Å²) in [5, 5.41) is 0. The van der Waals surface area contributed by atoms with E-state index in [9.17, 15) is 0 Å². The van der Waals surface area contributed by atoms with Crippen molar-refractivity contribution in [2.75, 3.05) is 0 Å². The molecule has 110 valence electrons. The molecule has 0 amide bonds. The maximum Gasteiger partial charge on any atom is 0.194 e. The summed E-state index contributed by atoms with van der Waals surface area (Å²) in [5.41, 5.74) is 4.14. The summed E-state index contributed by atoms with van der Waals surface area (Å²) < 4.78 is 4.03. The van der Waals surface area contributed by atoms with Crippen LogP contribution in [-0.2, 0) is 26.9 Å². The van der Waals surface area contributed by atoms with Crippen molar-refractivity contribution in [2.45, 2.75) is 12.8 Å². The summed E-state index contributed by atoms with van der Waals surface area (Å²) in [7, 11) is 4.02. The van der Waals surface area contributed by atoms with E-state index < -0.39 is 0 Å². The van der Waals surface area contributed by atoms with Crippen molar-refractivity contribution in [1.29, 1.82) is 0 Å². The highest BCUT2D eigenvalue weighted by atomic mass is 15.0. The van der Waals surface area contributed by atoms with E-state index >= 15 is 0 Å². The fourth-order valence-corrected chi connectivity index (χ4v) is 2.70. The van der Waals surface area contributed by atoms with E-state index in [-0.39, 0.29) is 0 Å². The molecule has 4 heterocycles. The lowest BCUT2D eigenvalue weighted by atomic mass is 10.3. The molecule has 4 rings (SSSR count). The molecule has 0 aromatic carbocycles. The van der Waals surface area contributed by atoms with E-state index in [0.717, 1.165) is 46.6 Å². The second-order valence-electron chi connectivity index (χ2n) is 5.69. The lowest BCUT2D eigenvalue weighted by molar-refractivity contribution is -0.670. The van der Waals surface area contributed by atoms with Crippen LogP contribution in [0, 0.1) is 0 Å². The van der Waals surface area contributed by atoms with E-state index in [1.165, 1.54) is 0 Å². The van der Waals surface area contributed by atoms with Crippen LogP contribution in [0.1, 0.15) is 11.6 Å². The molecule has 0 aliphatic carbocycles. The molecule has 0 atom stereocenters. The third kappa shape index (κ3) is 2.32. The van der Waals surface area contributed by atoms with E-state index in [2.05, 4.69) is 19.9 Å². The van der Waals surface area contributed by atoms with Gasteiger partial charge in [0.25, 0.3) is 0 Å². The summed E-state index contributed by atoms with van der Waals surface area (Å²) >= 11 is 0. The van der Waals surface area contributed by atoms with Gasteiger partial charge in [0.05, 0.1) is 0 Å². The Labute approximate surface area is 127 Å². The van der Waals surface area contributed by atoms with Gasteiger partial charge in [0.15, 0.2) is 24.8 Å². The zero-order chi connectivity index (χ0) is 15.1. The molecule has 0 aliphatic heterocycles. The monoisotopic (exact) mass is 294 g/mol. The number of aryl methyl sites for hydroxylation is 4. The van der Waals surface area contributed by atoms with Gasteiger partial charge in [-0.05, 0) is 0 Å². The fourth-order valence-electron chi connectivity index (χ4n) is 2.70. The van der Waals surface area contributed by atoms with Gasteiger partial charge in [0, 0.05) is 25.0 Å². The predicted octanol–water partition coefficient (Wildman–Crippen LogP) is 0.873. The fraction of sp³-hybridized carbons (Fsp3) is 0.250. The second-order valence-corrected chi connectivity index (χ2v) is 5.69. The lowest BCUT2D eigenvalue weighted by Crippen LogP contribution is -2.25. The van der Waals surface area contributed by atoms with Gasteiger partial charge >= 0.3 is 0 Å². The maximum absolute atomic E-state index is 4.62. The van der Waals surface area contributed by atoms with Gasteiger partial charge in [-0.2, -0.15) is 0 Å². The number of hydrogen-bond donors (Lipinski definition) is 2. The van der Waals surface area contributed by atoms with Crippen molar-refractivity contribution >= 4 is 22.1 Å². The van der Waals surface area contributed by atoms with Crippen LogP contribution in [0.25, 0.3) is 22.1 Å². The molecular formula is C16H18N6+2. The average molecular weight is 294 g/mol. The molecule has 6 nitrogen and oxygen atoms in total. The minimum Gasteiger partial charge on any atom is -0.337 e. The van der Waals surface area contributed by atoms with Crippen LogP contribution in [0.5, 0.6) is 0 Å². The van der Waals surface area contributed by atoms with Crippen LogP contribution in [-0.4, -0.2) is 19.9 Å². The summed E-state index contributed by atoms with van der Waals surface area (Å²) in [6.07, 6.45) is 9.78. The molecule has 6 heteroatoms. The Morgan fingerprint density at radius 3 is 1.73 bits per heavy atom. The third-order valence-corrected chi connectivity index (χ3v) is 3.82. The molecule has 2 N–H and O–H groups in total. The van der Waals surface area contributed by atoms with Gasteiger partial charge in [-0.3, -0.25) is 0 Å². The standard InChI is InChI=1S/C16H16N6/c1-21-7-5-11-13(9-21)19-15(17-11)3-4-16-18-12-6-8-22(2)10-14(12)20-16/h5-10H,3-4H2,1-2H3/p+2. The zero-order valence-electron chi connectivity index (χ0n) is 12.7. The van der Waals surface area contributed by atoms with Gasteiger partial charge in [0.1, 0.15) is 47.8 Å². The molecule has 0 aliphatic rings. The number of hydrogen-bond acceptors (Lipinski definition) is 2. The maximum atomic E-state index is 4.62. The summed E-state index contributed by atoms with van der Waals surface area (Å²) in [6.45, 7) is 0. The van der Waals surface area contributed by atoms with Gasteiger partial charge in [-0.25, -0.2) is 19.1 Å². The molecule has 0 spiro atoms. The first-order chi connectivity index (χ1) is 10.7. The Kier molecular flexibility index (Phi) is 2.89. The number of nitrogens with zero attached hydrogens (tertiary/aromatic N) is 4. The van der Waals surface area contributed by atoms with Crippen molar-refractivity contribution in [2.24, 2.45) is 14.1 Å². The Hall–Kier alpha value is -2.76. The SMILES string of the molecule is C[n+]1ccc2nc(CCc3nc4cc[n+](C)cc4[nH]3)[nH]c2c1. The van der Waals surface area contributed by atoms with Crippen molar-refractivity contribution in [3.8, 4) is 0 Å². The van der Waals surface area contributed by atoms with Gasteiger partial charge in [0.2, 0.25) is 0 Å². The molecule has 4 aromatic heterocycles. The number of nitrogens with one attached hydrogen (secondary N) is 2. The quantitative estimate of drug-likeness (QED) is 0.551. The molecule has 0 saturated heterocycles. The topological polar surface area (TPSA) is 65.1 Å². The molecule has 0 bridgehead atoms. The second kappa shape index (κ2) is 4.91. The zero-order valence-corrected chi connectivity index (χ0v) is 12.7. The average Bonchev–Trinajstić information content (AvgIpc) is 3.07. The summed E-state index contributed by atoms with van der Waals surface area (Å²) in [6, 6.07) is 4.05. The molecule has 0 unspecified atom stereocenters. The Bertz CT molecular complexity index is 885. The highest BCUT2D eigenvalue weighted by Gasteiger charge is 2.09. The number of aromatic nitrogens is 6. The smallest absolute Gasteiger partial charge is 0.194 e. The molecule has 0 saturated carbocycles. The number of fused-ring (bicyclic) bond motifs is 2. The predicted molar refractivity (Wildman–Crippen MR) is 81.9 cm³/mol. The highest BCUT2D eigenvalue weighted by molar-refractivity contribution is 5.73. The highest BCUT2D eigenvalue weighted by Crippen LogP contribution is 2.12. The number of aromatic amines is 2. The van der Waals surface area contributed by atoms with E-state index in [0.29, 0.717) is 0 Å². The minimum absolute atomic E-state index is 0.838. The molecule has 4 aromatic rings. The largest absolute Gasteiger partial charge is 0.337 e. The third-order valence-electron chi connectivity index (χ3n) is 3.82. The van der Waals surface area contributed by atoms with Crippen LogP contribution in [0.4, 0.5) is 0 Å². The minimum atomic E-state index is 0.838. The van der Waals surface area contributed by atoms with E-state index in [1.807, 2.05) is 60.1 Å². The number of pyridine rings is 2. The van der Waals surface area contributed by atoms with Gasteiger partial charge in [-0.15, -0.1) is 0 Å².